The summed E-state index contributed by atoms with van der Waals surface area (Å²) in [6.07, 6.45) is 7.64. The molecule has 1 aromatic heterocycles. The van der Waals surface area contributed by atoms with Crippen molar-refractivity contribution in [2.24, 2.45) is 5.92 Å². The molecule has 4 nitrogen and oxygen atoms in total. The van der Waals surface area contributed by atoms with Crippen molar-refractivity contribution >= 4 is 0 Å². The van der Waals surface area contributed by atoms with Crippen LogP contribution in [0.5, 0.6) is 0 Å². The SMILES string of the molecule is c1oc(CC2CCNC2)nc1C1CCCCO1. The first-order valence-electron chi connectivity index (χ1n) is 6.68. The predicted molar refractivity (Wildman–Crippen MR) is 63.7 cm³/mol. The number of hydrogen-bond acceptors (Lipinski definition) is 4. The zero-order valence-electron chi connectivity index (χ0n) is 10.2. The fourth-order valence-electron chi connectivity index (χ4n) is 2.68. The van der Waals surface area contributed by atoms with Gasteiger partial charge in [-0.05, 0) is 44.7 Å². The highest BCUT2D eigenvalue weighted by Gasteiger charge is 2.22. The van der Waals surface area contributed by atoms with Crippen LogP contribution < -0.4 is 5.32 Å². The summed E-state index contributed by atoms with van der Waals surface area (Å²) in [7, 11) is 0. The summed E-state index contributed by atoms with van der Waals surface area (Å²) in [6.45, 7) is 3.08. The van der Waals surface area contributed by atoms with Crippen LogP contribution >= 0.6 is 0 Å². The summed E-state index contributed by atoms with van der Waals surface area (Å²) in [5.41, 5.74) is 0.991. The van der Waals surface area contributed by atoms with Crippen molar-refractivity contribution < 1.29 is 9.15 Å². The van der Waals surface area contributed by atoms with Crippen molar-refractivity contribution in [1.29, 1.82) is 0 Å². The molecule has 0 amide bonds. The Morgan fingerprint density at radius 1 is 1.35 bits per heavy atom. The van der Waals surface area contributed by atoms with Crippen molar-refractivity contribution in [3.05, 3.63) is 17.8 Å². The van der Waals surface area contributed by atoms with E-state index in [0.717, 1.165) is 44.1 Å². The van der Waals surface area contributed by atoms with Crippen LogP contribution in [0.2, 0.25) is 0 Å². The molecule has 0 spiro atoms. The lowest BCUT2D eigenvalue weighted by Gasteiger charge is -2.20. The molecular weight excluding hydrogens is 216 g/mol. The molecule has 1 N–H and O–H groups in total. The normalized spacial score (nSPS) is 29.6. The second kappa shape index (κ2) is 5.19. The molecule has 0 radical (unpaired) electrons. The van der Waals surface area contributed by atoms with Gasteiger partial charge in [-0.2, -0.15) is 0 Å². The van der Waals surface area contributed by atoms with E-state index in [1.165, 1.54) is 19.3 Å². The standard InChI is InChI=1S/C13H20N2O2/c1-2-6-16-12(3-1)11-9-17-13(15-11)7-10-4-5-14-8-10/h9-10,12,14H,1-8H2. The first-order valence-corrected chi connectivity index (χ1v) is 6.68. The third-order valence-corrected chi connectivity index (χ3v) is 3.70. The summed E-state index contributed by atoms with van der Waals surface area (Å²) in [4.78, 5) is 4.58. The van der Waals surface area contributed by atoms with Gasteiger partial charge in [0.05, 0.1) is 0 Å². The summed E-state index contributed by atoms with van der Waals surface area (Å²) in [5, 5.41) is 3.37. The lowest BCUT2D eigenvalue weighted by atomic mass is 10.1. The van der Waals surface area contributed by atoms with Gasteiger partial charge in [0.1, 0.15) is 18.1 Å². The van der Waals surface area contributed by atoms with Crippen LogP contribution in [0.15, 0.2) is 10.7 Å². The van der Waals surface area contributed by atoms with Crippen LogP contribution in [-0.4, -0.2) is 24.7 Å². The molecule has 17 heavy (non-hydrogen) atoms. The number of ether oxygens (including phenoxy) is 1. The van der Waals surface area contributed by atoms with Gasteiger partial charge in [-0.15, -0.1) is 0 Å². The van der Waals surface area contributed by atoms with Crippen LogP contribution in [0.4, 0.5) is 0 Å². The monoisotopic (exact) mass is 236 g/mol. The molecule has 0 saturated carbocycles. The van der Waals surface area contributed by atoms with E-state index < -0.39 is 0 Å². The van der Waals surface area contributed by atoms with Crippen molar-refractivity contribution in [3.8, 4) is 0 Å². The van der Waals surface area contributed by atoms with Gasteiger partial charge in [-0.1, -0.05) is 0 Å². The van der Waals surface area contributed by atoms with Crippen molar-refractivity contribution in [3.63, 3.8) is 0 Å². The summed E-state index contributed by atoms with van der Waals surface area (Å²) in [6, 6.07) is 0. The van der Waals surface area contributed by atoms with Gasteiger partial charge < -0.3 is 14.5 Å². The van der Waals surface area contributed by atoms with Crippen LogP contribution in [0.3, 0.4) is 0 Å². The smallest absolute Gasteiger partial charge is 0.194 e. The first-order chi connectivity index (χ1) is 8.42. The molecule has 2 saturated heterocycles. The number of oxazole rings is 1. The predicted octanol–water partition coefficient (Wildman–Crippen LogP) is 2.07. The molecule has 0 aliphatic carbocycles. The Balaban J connectivity index is 1.60. The van der Waals surface area contributed by atoms with E-state index in [4.69, 9.17) is 9.15 Å². The van der Waals surface area contributed by atoms with Crippen LogP contribution in [-0.2, 0) is 11.2 Å². The third-order valence-electron chi connectivity index (χ3n) is 3.70. The van der Waals surface area contributed by atoms with E-state index in [1.54, 1.807) is 6.26 Å². The van der Waals surface area contributed by atoms with Gasteiger partial charge in [0, 0.05) is 13.0 Å². The van der Waals surface area contributed by atoms with E-state index in [1.807, 2.05) is 0 Å². The number of aromatic nitrogens is 1. The van der Waals surface area contributed by atoms with E-state index in [0.29, 0.717) is 5.92 Å². The van der Waals surface area contributed by atoms with Gasteiger partial charge in [0.2, 0.25) is 0 Å². The van der Waals surface area contributed by atoms with Gasteiger partial charge in [-0.25, -0.2) is 4.98 Å². The van der Waals surface area contributed by atoms with Gasteiger partial charge >= 0.3 is 0 Å². The molecule has 94 valence electrons. The molecule has 0 bridgehead atoms. The van der Waals surface area contributed by atoms with Gasteiger partial charge in [-0.3, -0.25) is 0 Å². The quantitative estimate of drug-likeness (QED) is 0.872. The average Bonchev–Trinajstić information content (AvgIpc) is 3.02. The van der Waals surface area contributed by atoms with Gasteiger partial charge in [0.15, 0.2) is 5.89 Å². The number of nitrogens with one attached hydrogen (secondary N) is 1. The largest absolute Gasteiger partial charge is 0.449 e. The Kier molecular flexibility index (Phi) is 3.43. The second-order valence-electron chi connectivity index (χ2n) is 5.08. The molecule has 2 fully saturated rings. The molecule has 1 aromatic rings. The molecule has 2 aliphatic heterocycles. The maximum absolute atomic E-state index is 5.71. The second-order valence-corrected chi connectivity index (χ2v) is 5.08. The first kappa shape index (κ1) is 11.2. The Morgan fingerprint density at radius 3 is 3.12 bits per heavy atom. The van der Waals surface area contributed by atoms with Crippen molar-refractivity contribution in [1.82, 2.24) is 10.3 Å². The highest BCUT2D eigenvalue weighted by molar-refractivity contribution is 5.02. The molecular formula is C13H20N2O2. The third kappa shape index (κ3) is 2.69. The summed E-state index contributed by atoms with van der Waals surface area (Å²) >= 11 is 0. The number of nitrogens with zero attached hydrogens (tertiary/aromatic N) is 1. The minimum atomic E-state index is 0.169. The molecule has 3 rings (SSSR count). The van der Waals surface area contributed by atoms with E-state index in [2.05, 4.69) is 10.3 Å². The van der Waals surface area contributed by atoms with Crippen LogP contribution in [0.25, 0.3) is 0 Å². The minimum absolute atomic E-state index is 0.169. The Labute approximate surface area is 102 Å². The molecule has 4 heteroatoms. The molecule has 2 unspecified atom stereocenters. The molecule has 0 aromatic carbocycles. The zero-order chi connectivity index (χ0) is 11.5. The van der Waals surface area contributed by atoms with Crippen LogP contribution in [0, 0.1) is 5.92 Å². The Bertz CT molecular complexity index is 352. The lowest BCUT2D eigenvalue weighted by Crippen LogP contribution is -2.12. The number of hydrogen-bond donors (Lipinski definition) is 1. The Morgan fingerprint density at radius 2 is 2.35 bits per heavy atom. The van der Waals surface area contributed by atoms with Crippen LogP contribution in [0.1, 0.15) is 43.4 Å². The highest BCUT2D eigenvalue weighted by atomic mass is 16.5. The van der Waals surface area contributed by atoms with Crippen molar-refractivity contribution in [2.45, 2.75) is 38.2 Å². The van der Waals surface area contributed by atoms with Gasteiger partial charge in [0.25, 0.3) is 0 Å². The molecule has 2 atom stereocenters. The maximum Gasteiger partial charge on any atom is 0.194 e. The fraction of sp³-hybridized carbons (Fsp3) is 0.769. The molecule has 2 aliphatic rings. The average molecular weight is 236 g/mol. The topological polar surface area (TPSA) is 47.3 Å². The highest BCUT2D eigenvalue weighted by Crippen LogP contribution is 2.27. The minimum Gasteiger partial charge on any atom is -0.449 e. The summed E-state index contributed by atoms with van der Waals surface area (Å²) < 4.78 is 11.3. The van der Waals surface area contributed by atoms with E-state index in [-0.39, 0.29) is 6.10 Å². The maximum atomic E-state index is 5.71. The number of rotatable bonds is 3. The Hall–Kier alpha value is -0.870. The lowest BCUT2D eigenvalue weighted by molar-refractivity contribution is 0.0122. The van der Waals surface area contributed by atoms with E-state index >= 15 is 0 Å². The summed E-state index contributed by atoms with van der Waals surface area (Å²) in [5.74, 6) is 1.57. The van der Waals surface area contributed by atoms with E-state index in [9.17, 15) is 0 Å². The van der Waals surface area contributed by atoms with Crippen molar-refractivity contribution in [2.75, 3.05) is 19.7 Å². The fourth-order valence-corrected chi connectivity index (χ4v) is 2.68. The zero-order valence-corrected chi connectivity index (χ0v) is 10.2. The molecule has 3 heterocycles.